The molecular weight excluding hydrogens is 392 g/mol. The number of para-hydroxylation sites is 1. The summed E-state index contributed by atoms with van der Waals surface area (Å²) in [7, 11) is 0. The third kappa shape index (κ3) is 3.40. The van der Waals surface area contributed by atoms with E-state index in [4.69, 9.17) is 21.1 Å². The number of ether oxygens (including phenoxy) is 2. The Morgan fingerprint density at radius 1 is 1.11 bits per heavy atom. The minimum Gasteiger partial charge on any atom is -0.454 e. The molecule has 0 bridgehead atoms. The summed E-state index contributed by atoms with van der Waals surface area (Å²) in [6.45, 7) is 2.04. The SMILES string of the molecule is Clc1cc2c(cc1[C@@H]1CCN(Cc3cccnc3)c3ccccc3S1)OCO2. The van der Waals surface area contributed by atoms with Crippen molar-refractivity contribution in [1.82, 2.24) is 4.98 Å². The summed E-state index contributed by atoms with van der Waals surface area (Å²) in [5.41, 5.74) is 3.58. The lowest BCUT2D eigenvalue weighted by atomic mass is 10.1. The largest absolute Gasteiger partial charge is 0.454 e. The average Bonchev–Trinajstić information content (AvgIpc) is 3.10. The van der Waals surface area contributed by atoms with Gasteiger partial charge in [-0.05, 0) is 41.8 Å². The van der Waals surface area contributed by atoms with Crippen molar-refractivity contribution in [2.75, 3.05) is 18.2 Å². The van der Waals surface area contributed by atoms with Crippen LogP contribution in [0.5, 0.6) is 11.5 Å². The number of pyridine rings is 1. The monoisotopic (exact) mass is 410 g/mol. The molecule has 0 radical (unpaired) electrons. The summed E-state index contributed by atoms with van der Waals surface area (Å²) in [4.78, 5) is 7.96. The van der Waals surface area contributed by atoms with Gasteiger partial charge in [-0.3, -0.25) is 4.98 Å². The minimum atomic E-state index is 0.252. The zero-order valence-corrected chi connectivity index (χ0v) is 16.7. The molecule has 0 saturated carbocycles. The maximum Gasteiger partial charge on any atom is 0.231 e. The zero-order chi connectivity index (χ0) is 18.9. The third-order valence-electron chi connectivity index (χ3n) is 5.07. The highest BCUT2D eigenvalue weighted by molar-refractivity contribution is 7.99. The summed E-state index contributed by atoms with van der Waals surface area (Å²) in [5, 5.41) is 0.988. The molecule has 2 aliphatic heterocycles. The number of aromatic nitrogens is 1. The van der Waals surface area contributed by atoms with Gasteiger partial charge in [-0.15, -0.1) is 11.8 Å². The fourth-order valence-corrected chi connectivity index (χ4v) is 5.38. The molecular formula is C22H19ClN2O2S. The maximum atomic E-state index is 6.62. The van der Waals surface area contributed by atoms with Crippen LogP contribution in [0.25, 0.3) is 0 Å². The van der Waals surface area contributed by atoms with Gasteiger partial charge in [0, 0.05) is 46.7 Å². The smallest absolute Gasteiger partial charge is 0.231 e. The molecule has 3 aromatic rings. The van der Waals surface area contributed by atoms with Crippen molar-refractivity contribution in [3.63, 3.8) is 0 Å². The van der Waals surface area contributed by atoms with Crippen LogP contribution in [0.1, 0.15) is 22.8 Å². The summed E-state index contributed by atoms with van der Waals surface area (Å²) in [5.74, 6) is 1.51. The van der Waals surface area contributed by atoms with Gasteiger partial charge in [-0.2, -0.15) is 0 Å². The predicted octanol–water partition coefficient (Wildman–Crippen LogP) is 5.71. The summed E-state index contributed by atoms with van der Waals surface area (Å²) >= 11 is 8.48. The molecule has 5 rings (SSSR count). The van der Waals surface area contributed by atoms with Gasteiger partial charge in [0.05, 0.1) is 5.69 Å². The van der Waals surface area contributed by atoms with Crippen molar-refractivity contribution >= 4 is 29.1 Å². The van der Waals surface area contributed by atoms with Crippen LogP contribution in [0.3, 0.4) is 0 Å². The van der Waals surface area contributed by atoms with E-state index in [2.05, 4.69) is 40.2 Å². The highest BCUT2D eigenvalue weighted by atomic mass is 35.5. The van der Waals surface area contributed by atoms with E-state index < -0.39 is 0 Å². The quantitative estimate of drug-likeness (QED) is 0.552. The summed E-state index contributed by atoms with van der Waals surface area (Å²) in [6.07, 6.45) is 4.74. The van der Waals surface area contributed by atoms with Gasteiger partial charge in [-0.25, -0.2) is 0 Å². The predicted molar refractivity (Wildman–Crippen MR) is 113 cm³/mol. The van der Waals surface area contributed by atoms with Crippen molar-refractivity contribution in [3.05, 3.63) is 77.1 Å². The van der Waals surface area contributed by atoms with E-state index in [1.807, 2.05) is 42.4 Å². The molecule has 2 aliphatic rings. The number of rotatable bonds is 3. The Morgan fingerprint density at radius 2 is 1.96 bits per heavy atom. The van der Waals surface area contributed by atoms with E-state index >= 15 is 0 Å². The second kappa shape index (κ2) is 7.57. The van der Waals surface area contributed by atoms with Gasteiger partial charge in [0.25, 0.3) is 0 Å². The molecule has 2 aromatic carbocycles. The van der Waals surface area contributed by atoms with Crippen LogP contribution in [0.4, 0.5) is 5.69 Å². The van der Waals surface area contributed by atoms with E-state index in [1.165, 1.54) is 16.1 Å². The Kier molecular flexibility index (Phi) is 4.79. The molecule has 28 heavy (non-hydrogen) atoms. The second-order valence-corrected chi connectivity index (χ2v) is 8.52. The van der Waals surface area contributed by atoms with Gasteiger partial charge in [0.2, 0.25) is 6.79 Å². The lowest BCUT2D eigenvalue weighted by Gasteiger charge is -2.24. The van der Waals surface area contributed by atoms with E-state index in [1.54, 1.807) is 0 Å². The molecule has 0 aliphatic carbocycles. The van der Waals surface area contributed by atoms with E-state index in [9.17, 15) is 0 Å². The lowest BCUT2D eigenvalue weighted by Crippen LogP contribution is -2.24. The second-order valence-electron chi connectivity index (χ2n) is 6.87. The normalized spacial score (nSPS) is 17.9. The third-order valence-corrected chi connectivity index (χ3v) is 6.77. The van der Waals surface area contributed by atoms with Crippen LogP contribution in [0.15, 0.2) is 65.8 Å². The van der Waals surface area contributed by atoms with E-state index in [0.717, 1.165) is 41.6 Å². The molecule has 1 aromatic heterocycles. The fourth-order valence-electron chi connectivity index (χ4n) is 3.70. The molecule has 3 heterocycles. The van der Waals surface area contributed by atoms with E-state index in [-0.39, 0.29) is 12.0 Å². The molecule has 6 heteroatoms. The number of anilines is 1. The first-order valence-electron chi connectivity index (χ1n) is 9.26. The number of halogens is 1. The lowest BCUT2D eigenvalue weighted by molar-refractivity contribution is 0.174. The van der Waals surface area contributed by atoms with Crippen LogP contribution in [-0.2, 0) is 6.54 Å². The maximum absolute atomic E-state index is 6.62. The molecule has 142 valence electrons. The topological polar surface area (TPSA) is 34.6 Å². The Labute approximate surface area is 173 Å². The van der Waals surface area contributed by atoms with Crippen molar-refractivity contribution in [2.45, 2.75) is 23.1 Å². The summed E-state index contributed by atoms with van der Waals surface area (Å²) < 4.78 is 11.0. The van der Waals surface area contributed by atoms with Gasteiger partial charge in [0.1, 0.15) is 0 Å². The Balaban J connectivity index is 1.47. The first-order chi connectivity index (χ1) is 13.8. The number of hydrogen-bond acceptors (Lipinski definition) is 5. The van der Waals surface area contributed by atoms with Crippen LogP contribution in [-0.4, -0.2) is 18.3 Å². The Hall–Kier alpha value is -2.37. The van der Waals surface area contributed by atoms with Crippen LogP contribution < -0.4 is 14.4 Å². The standard InChI is InChI=1S/C22H19ClN2O2S/c23-17-11-20-19(26-14-27-20)10-16(17)21-7-9-25(13-15-4-3-8-24-12-15)18-5-1-2-6-22(18)28-21/h1-6,8,10-12,21H,7,9,13-14H2/t21-/m0/s1. The molecule has 0 unspecified atom stereocenters. The highest BCUT2D eigenvalue weighted by Crippen LogP contribution is 2.49. The first kappa shape index (κ1) is 17.7. The summed E-state index contributed by atoms with van der Waals surface area (Å²) in [6, 6.07) is 16.6. The minimum absolute atomic E-state index is 0.252. The van der Waals surface area contributed by atoms with Gasteiger partial charge in [-0.1, -0.05) is 29.8 Å². The molecule has 4 nitrogen and oxygen atoms in total. The van der Waals surface area contributed by atoms with Crippen molar-refractivity contribution < 1.29 is 9.47 Å². The number of hydrogen-bond donors (Lipinski definition) is 0. The molecule has 0 spiro atoms. The number of benzene rings is 2. The zero-order valence-electron chi connectivity index (χ0n) is 15.2. The number of nitrogens with zero attached hydrogens (tertiary/aromatic N) is 2. The molecule has 1 atom stereocenters. The van der Waals surface area contributed by atoms with Crippen molar-refractivity contribution in [1.29, 1.82) is 0 Å². The van der Waals surface area contributed by atoms with Crippen LogP contribution in [0.2, 0.25) is 5.02 Å². The van der Waals surface area contributed by atoms with Gasteiger partial charge in [0.15, 0.2) is 11.5 Å². The number of thioether (sulfide) groups is 1. The van der Waals surface area contributed by atoms with Gasteiger partial charge < -0.3 is 14.4 Å². The number of fused-ring (bicyclic) bond motifs is 2. The van der Waals surface area contributed by atoms with Gasteiger partial charge >= 0.3 is 0 Å². The molecule has 0 saturated heterocycles. The Bertz CT molecular complexity index is 999. The molecule has 0 fully saturated rings. The average molecular weight is 411 g/mol. The van der Waals surface area contributed by atoms with Crippen LogP contribution in [0, 0.1) is 0 Å². The van der Waals surface area contributed by atoms with Crippen LogP contribution >= 0.6 is 23.4 Å². The molecule has 0 amide bonds. The van der Waals surface area contributed by atoms with Crippen molar-refractivity contribution in [3.8, 4) is 11.5 Å². The van der Waals surface area contributed by atoms with Crippen molar-refractivity contribution in [2.24, 2.45) is 0 Å². The molecule has 0 N–H and O–H groups in total. The van der Waals surface area contributed by atoms with E-state index in [0.29, 0.717) is 0 Å². The first-order valence-corrected chi connectivity index (χ1v) is 10.5. The Morgan fingerprint density at radius 3 is 2.82 bits per heavy atom. The highest BCUT2D eigenvalue weighted by Gasteiger charge is 2.27. The fraction of sp³-hybridized carbons (Fsp3) is 0.227.